The van der Waals surface area contributed by atoms with Crippen LogP contribution >= 0.6 is 11.6 Å². The van der Waals surface area contributed by atoms with Crippen LogP contribution in [0.15, 0.2) is 6.20 Å². The number of nitrogens with zero attached hydrogens (tertiary/aromatic N) is 2. The third-order valence-electron chi connectivity index (χ3n) is 3.82. The zero-order chi connectivity index (χ0) is 13.7. The first-order valence-electron chi connectivity index (χ1n) is 7.13. The van der Waals surface area contributed by atoms with E-state index in [1.54, 1.807) is 6.20 Å². The Hall–Kier alpha value is -1.03. The minimum atomic E-state index is 0.366. The predicted octanol–water partition coefficient (Wildman–Crippen LogP) is 3.94. The van der Waals surface area contributed by atoms with Crippen molar-refractivity contribution in [3.63, 3.8) is 0 Å². The van der Waals surface area contributed by atoms with Crippen LogP contribution in [0.2, 0.25) is 5.02 Å². The van der Waals surface area contributed by atoms with Crippen molar-refractivity contribution in [1.29, 1.82) is 0 Å². The SMILES string of the molecule is CCNc1ncc(Cl)c(NCC2(C)CCCCC2)n1. The average Bonchev–Trinajstić information content (AvgIpc) is 2.41. The van der Waals surface area contributed by atoms with E-state index in [2.05, 4.69) is 27.5 Å². The lowest BCUT2D eigenvalue weighted by Crippen LogP contribution is -2.29. The van der Waals surface area contributed by atoms with Crippen LogP contribution in [-0.2, 0) is 0 Å². The Morgan fingerprint density at radius 3 is 2.68 bits per heavy atom. The van der Waals surface area contributed by atoms with Crippen molar-refractivity contribution < 1.29 is 0 Å². The van der Waals surface area contributed by atoms with Gasteiger partial charge in [0.05, 0.1) is 6.20 Å². The normalized spacial score (nSPS) is 18.1. The maximum absolute atomic E-state index is 6.14. The first kappa shape index (κ1) is 14.4. The third-order valence-corrected chi connectivity index (χ3v) is 4.10. The van der Waals surface area contributed by atoms with Crippen molar-refractivity contribution >= 4 is 23.4 Å². The zero-order valence-corrected chi connectivity index (χ0v) is 12.6. The monoisotopic (exact) mass is 282 g/mol. The van der Waals surface area contributed by atoms with Crippen molar-refractivity contribution in [2.75, 3.05) is 23.7 Å². The van der Waals surface area contributed by atoms with Crippen LogP contribution in [-0.4, -0.2) is 23.1 Å². The van der Waals surface area contributed by atoms with Gasteiger partial charge in [-0.15, -0.1) is 0 Å². The summed E-state index contributed by atoms with van der Waals surface area (Å²) in [6, 6.07) is 0. The van der Waals surface area contributed by atoms with E-state index >= 15 is 0 Å². The number of hydrogen-bond acceptors (Lipinski definition) is 4. The van der Waals surface area contributed by atoms with Gasteiger partial charge in [-0.05, 0) is 25.2 Å². The highest BCUT2D eigenvalue weighted by molar-refractivity contribution is 6.32. The fraction of sp³-hybridized carbons (Fsp3) is 0.714. The first-order chi connectivity index (χ1) is 9.13. The predicted molar refractivity (Wildman–Crippen MR) is 80.9 cm³/mol. The summed E-state index contributed by atoms with van der Waals surface area (Å²) in [5.74, 6) is 1.36. The summed E-state index contributed by atoms with van der Waals surface area (Å²) in [5, 5.41) is 7.08. The molecule has 0 amide bonds. The Balaban J connectivity index is 1.99. The molecule has 1 aromatic heterocycles. The number of nitrogens with one attached hydrogen (secondary N) is 2. The van der Waals surface area contributed by atoms with E-state index in [1.807, 2.05) is 6.92 Å². The molecule has 1 saturated carbocycles. The Bertz CT molecular complexity index is 416. The lowest BCUT2D eigenvalue weighted by atomic mass is 9.76. The van der Waals surface area contributed by atoms with Crippen molar-refractivity contribution in [3.8, 4) is 0 Å². The molecule has 19 heavy (non-hydrogen) atoms. The summed E-state index contributed by atoms with van der Waals surface area (Å²) in [6.45, 7) is 6.10. The summed E-state index contributed by atoms with van der Waals surface area (Å²) in [4.78, 5) is 8.56. The van der Waals surface area contributed by atoms with Crippen LogP contribution in [0.3, 0.4) is 0 Å². The summed E-state index contributed by atoms with van der Waals surface area (Å²) in [5.41, 5.74) is 0.366. The summed E-state index contributed by atoms with van der Waals surface area (Å²) < 4.78 is 0. The minimum absolute atomic E-state index is 0.366. The molecule has 1 fully saturated rings. The van der Waals surface area contributed by atoms with E-state index in [9.17, 15) is 0 Å². The summed E-state index contributed by atoms with van der Waals surface area (Å²) in [6.07, 6.45) is 8.24. The highest BCUT2D eigenvalue weighted by Crippen LogP contribution is 2.36. The van der Waals surface area contributed by atoms with Gasteiger partial charge in [0.25, 0.3) is 0 Å². The maximum atomic E-state index is 6.14. The van der Waals surface area contributed by atoms with Gasteiger partial charge in [0.1, 0.15) is 5.02 Å². The van der Waals surface area contributed by atoms with E-state index in [1.165, 1.54) is 32.1 Å². The number of aromatic nitrogens is 2. The van der Waals surface area contributed by atoms with E-state index in [-0.39, 0.29) is 0 Å². The van der Waals surface area contributed by atoms with E-state index in [4.69, 9.17) is 11.6 Å². The van der Waals surface area contributed by atoms with Gasteiger partial charge in [-0.1, -0.05) is 37.8 Å². The zero-order valence-electron chi connectivity index (χ0n) is 11.8. The van der Waals surface area contributed by atoms with E-state index in [0.29, 0.717) is 16.4 Å². The molecular weight excluding hydrogens is 260 g/mol. The molecule has 2 N–H and O–H groups in total. The topological polar surface area (TPSA) is 49.8 Å². The molecule has 0 bridgehead atoms. The Kier molecular flexibility index (Phi) is 4.86. The smallest absolute Gasteiger partial charge is 0.224 e. The maximum Gasteiger partial charge on any atom is 0.224 e. The fourth-order valence-electron chi connectivity index (χ4n) is 2.61. The lowest BCUT2D eigenvalue weighted by molar-refractivity contribution is 0.233. The van der Waals surface area contributed by atoms with Gasteiger partial charge < -0.3 is 10.6 Å². The second-order valence-corrected chi connectivity index (χ2v) is 6.05. The van der Waals surface area contributed by atoms with Crippen molar-refractivity contribution in [1.82, 2.24) is 9.97 Å². The summed E-state index contributed by atoms with van der Waals surface area (Å²) in [7, 11) is 0. The van der Waals surface area contributed by atoms with Gasteiger partial charge in [-0.25, -0.2) is 4.98 Å². The minimum Gasteiger partial charge on any atom is -0.368 e. The molecule has 0 saturated heterocycles. The number of halogens is 1. The second-order valence-electron chi connectivity index (χ2n) is 5.65. The Labute approximate surface area is 120 Å². The van der Waals surface area contributed by atoms with Crippen LogP contribution in [0.25, 0.3) is 0 Å². The molecule has 0 radical (unpaired) electrons. The molecule has 2 rings (SSSR count). The van der Waals surface area contributed by atoms with Gasteiger partial charge in [0, 0.05) is 13.1 Å². The van der Waals surface area contributed by atoms with Crippen molar-refractivity contribution in [3.05, 3.63) is 11.2 Å². The van der Waals surface area contributed by atoms with Crippen LogP contribution in [0.1, 0.15) is 46.0 Å². The van der Waals surface area contributed by atoms with Gasteiger partial charge in [-0.2, -0.15) is 4.98 Å². The number of hydrogen-bond donors (Lipinski definition) is 2. The van der Waals surface area contributed by atoms with Gasteiger partial charge in [-0.3, -0.25) is 0 Å². The molecule has 5 heteroatoms. The molecule has 1 aliphatic rings. The Morgan fingerprint density at radius 2 is 2.00 bits per heavy atom. The van der Waals surface area contributed by atoms with Crippen LogP contribution in [0, 0.1) is 5.41 Å². The van der Waals surface area contributed by atoms with Crippen LogP contribution < -0.4 is 10.6 Å². The average molecular weight is 283 g/mol. The lowest BCUT2D eigenvalue weighted by Gasteiger charge is -2.33. The van der Waals surface area contributed by atoms with E-state index in [0.717, 1.165) is 18.9 Å². The number of rotatable bonds is 5. The second kappa shape index (κ2) is 6.42. The quantitative estimate of drug-likeness (QED) is 0.859. The van der Waals surface area contributed by atoms with Gasteiger partial charge >= 0.3 is 0 Å². The highest BCUT2D eigenvalue weighted by atomic mass is 35.5. The highest BCUT2D eigenvalue weighted by Gasteiger charge is 2.26. The largest absolute Gasteiger partial charge is 0.368 e. The molecule has 4 nitrogen and oxygen atoms in total. The van der Waals surface area contributed by atoms with Crippen LogP contribution in [0.5, 0.6) is 0 Å². The fourth-order valence-corrected chi connectivity index (χ4v) is 2.77. The van der Waals surface area contributed by atoms with Gasteiger partial charge in [0.15, 0.2) is 5.82 Å². The standard InChI is InChI=1S/C14H23ClN4/c1-3-16-13-17-9-11(15)12(19-13)18-10-14(2)7-5-4-6-8-14/h9H,3-8,10H2,1-2H3,(H2,16,17,18,19). The molecule has 106 valence electrons. The first-order valence-corrected chi connectivity index (χ1v) is 7.51. The summed E-state index contributed by atoms with van der Waals surface area (Å²) >= 11 is 6.14. The molecule has 0 atom stereocenters. The molecular formula is C14H23ClN4. The third kappa shape index (κ3) is 3.96. The van der Waals surface area contributed by atoms with E-state index < -0.39 is 0 Å². The van der Waals surface area contributed by atoms with Crippen molar-refractivity contribution in [2.45, 2.75) is 46.0 Å². The van der Waals surface area contributed by atoms with Gasteiger partial charge in [0.2, 0.25) is 5.95 Å². The molecule has 1 aliphatic carbocycles. The van der Waals surface area contributed by atoms with Crippen LogP contribution in [0.4, 0.5) is 11.8 Å². The molecule has 0 aliphatic heterocycles. The molecule has 1 heterocycles. The molecule has 1 aromatic rings. The molecule has 0 unspecified atom stereocenters. The number of anilines is 2. The van der Waals surface area contributed by atoms with Crippen molar-refractivity contribution in [2.24, 2.45) is 5.41 Å². The Morgan fingerprint density at radius 1 is 1.26 bits per heavy atom. The molecule has 0 spiro atoms. The molecule has 0 aromatic carbocycles.